The Labute approximate surface area is 203 Å². The van der Waals surface area contributed by atoms with Gasteiger partial charge in [-0.3, -0.25) is 4.90 Å². The van der Waals surface area contributed by atoms with E-state index in [9.17, 15) is 4.79 Å². The maximum absolute atomic E-state index is 12.9. The van der Waals surface area contributed by atoms with Crippen LogP contribution < -0.4 is 10.1 Å². The van der Waals surface area contributed by atoms with Crippen molar-refractivity contribution in [2.24, 2.45) is 11.3 Å². The summed E-state index contributed by atoms with van der Waals surface area (Å²) in [6.45, 7) is 14.5. The van der Waals surface area contributed by atoms with E-state index < -0.39 is 0 Å². The van der Waals surface area contributed by atoms with Crippen molar-refractivity contribution in [3.8, 4) is 16.9 Å². The number of fused-ring (bicyclic) bond motifs is 4. The number of rotatable bonds is 5. The van der Waals surface area contributed by atoms with Crippen LogP contribution in [0.4, 0.5) is 4.79 Å². The number of aryl methyl sites for hydroxylation is 2. The lowest BCUT2D eigenvalue weighted by Crippen LogP contribution is -2.53. The first kappa shape index (κ1) is 23.2. The zero-order chi connectivity index (χ0) is 24.0. The fraction of sp³-hybridized carbons (Fsp3) is 0.552. The van der Waals surface area contributed by atoms with Gasteiger partial charge in [0.2, 0.25) is 0 Å². The Morgan fingerprint density at radius 2 is 1.79 bits per heavy atom. The van der Waals surface area contributed by atoms with Crippen molar-refractivity contribution in [1.29, 1.82) is 0 Å². The summed E-state index contributed by atoms with van der Waals surface area (Å²) in [5.41, 5.74) is 7.18. The van der Waals surface area contributed by atoms with E-state index in [1.165, 1.54) is 22.3 Å². The molecule has 0 saturated carbocycles. The number of hydrogen-bond donors (Lipinski definition) is 1. The van der Waals surface area contributed by atoms with Crippen LogP contribution in [0.5, 0.6) is 5.75 Å². The molecule has 3 saturated heterocycles. The second-order valence-corrected chi connectivity index (χ2v) is 11.1. The van der Waals surface area contributed by atoms with Gasteiger partial charge in [-0.05, 0) is 110 Å². The lowest BCUT2D eigenvalue weighted by molar-refractivity contribution is -0.0348. The van der Waals surface area contributed by atoms with Gasteiger partial charge < -0.3 is 14.8 Å². The van der Waals surface area contributed by atoms with Crippen molar-refractivity contribution in [3.05, 3.63) is 52.6 Å². The van der Waals surface area contributed by atoms with Crippen molar-refractivity contribution >= 4 is 6.09 Å². The first-order chi connectivity index (χ1) is 16.2. The van der Waals surface area contributed by atoms with Crippen molar-refractivity contribution in [2.75, 3.05) is 26.2 Å². The Kier molecular flexibility index (Phi) is 6.09. The molecular weight excluding hydrogens is 424 g/mol. The molecule has 3 aliphatic heterocycles. The first-order valence-electron chi connectivity index (χ1n) is 12.8. The van der Waals surface area contributed by atoms with Gasteiger partial charge in [0.05, 0.1) is 12.6 Å². The molecule has 0 aromatic heterocycles. The average molecular weight is 463 g/mol. The Bertz CT molecular complexity index is 1060. The van der Waals surface area contributed by atoms with E-state index in [1.807, 2.05) is 6.92 Å². The summed E-state index contributed by atoms with van der Waals surface area (Å²) >= 11 is 0. The molecule has 3 heterocycles. The van der Waals surface area contributed by atoms with Gasteiger partial charge in [0.1, 0.15) is 11.9 Å². The number of amides is 1. The van der Waals surface area contributed by atoms with Crippen molar-refractivity contribution in [3.63, 3.8) is 0 Å². The second-order valence-electron chi connectivity index (χ2n) is 11.1. The highest BCUT2D eigenvalue weighted by Crippen LogP contribution is 2.46. The number of nitrogens with zero attached hydrogens (tertiary/aromatic N) is 1. The van der Waals surface area contributed by atoms with E-state index in [4.69, 9.17) is 9.47 Å². The molecule has 5 heteroatoms. The molecule has 2 aromatic carbocycles. The molecule has 4 aliphatic rings. The maximum atomic E-state index is 12.9. The fourth-order valence-electron chi connectivity index (χ4n) is 6.33. The molecule has 1 amide bonds. The van der Waals surface area contributed by atoms with Gasteiger partial charge in [-0.1, -0.05) is 32.0 Å². The lowest BCUT2D eigenvalue weighted by atomic mass is 9.85. The van der Waals surface area contributed by atoms with Crippen LogP contribution in [-0.2, 0) is 11.2 Å². The van der Waals surface area contributed by atoms with Gasteiger partial charge in [-0.2, -0.15) is 0 Å². The summed E-state index contributed by atoms with van der Waals surface area (Å²) in [4.78, 5) is 15.3. The van der Waals surface area contributed by atoms with E-state index in [0.717, 1.165) is 55.8 Å². The average Bonchev–Trinajstić information content (AvgIpc) is 3.05. The second kappa shape index (κ2) is 8.92. The normalized spacial score (nSPS) is 26.7. The number of piperidine rings is 3. The number of ether oxygens (including phenoxy) is 2. The number of carbonyl (C=O) groups is 1. The molecule has 6 rings (SSSR count). The Hall–Kier alpha value is -2.53. The van der Waals surface area contributed by atoms with Gasteiger partial charge in [-0.15, -0.1) is 0 Å². The summed E-state index contributed by atoms with van der Waals surface area (Å²) < 4.78 is 11.8. The third-order valence-corrected chi connectivity index (χ3v) is 8.08. The molecule has 34 heavy (non-hydrogen) atoms. The van der Waals surface area contributed by atoms with Gasteiger partial charge in [0, 0.05) is 6.54 Å². The van der Waals surface area contributed by atoms with Gasteiger partial charge in [0.25, 0.3) is 0 Å². The van der Waals surface area contributed by atoms with E-state index in [0.29, 0.717) is 12.5 Å². The highest BCUT2D eigenvalue weighted by atomic mass is 16.6. The smallest absolute Gasteiger partial charge is 0.407 e. The fourth-order valence-corrected chi connectivity index (χ4v) is 6.33. The highest BCUT2D eigenvalue weighted by molar-refractivity contribution is 5.71. The topological polar surface area (TPSA) is 50.8 Å². The third kappa shape index (κ3) is 4.31. The monoisotopic (exact) mass is 462 g/mol. The molecule has 1 unspecified atom stereocenters. The van der Waals surface area contributed by atoms with Crippen LogP contribution in [0.25, 0.3) is 11.1 Å². The Morgan fingerprint density at radius 1 is 1.09 bits per heavy atom. The summed E-state index contributed by atoms with van der Waals surface area (Å²) in [7, 11) is 0. The molecule has 2 atom stereocenters. The summed E-state index contributed by atoms with van der Waals surface area (Å²) in [6.07, 6.45) is 2.97. The number of alkyl carbamates (subject to hydrolysis) is 1. The Balaban J connectivity index is 1.34. The van der Waals surface area contributed by atoms with Crippen LogP contribution in [0.2, 0.25) is 0 Å². The lowest BCUT2D eigenvalue weighted by Gasteiger charge is -2.44. The molecule has 2 aromatic rings. The van der Waals surface area contributed by atoms with Gasteiger partial charge in [0.15, 0.2) is 0 Å². The Morgan fingerprint density at radius 3 is 2.41 bits per heavy atom. The summed E-state index contributed by atoms with van der Waals surface area (Å²) in [5, 5.41) is 3.23. The quantitative estimate of drug-likeness (QED) is 0.609. The SMILES string of the molecule is CCOc1c(C)cc(-c2ccc3c(c2)CC(C)(C)C3NC(=O)O[C@@H]2CN3CCC2CC3)cc1C. The van der Waals surface area contributed by atoms with Crippen LogP contribution >= 0.6 is 0 Å². The van der Waals surface area contributed by atoms with E-state index in [2.05, 4.69) is 68.2 Å². The molecule has 0 radical (unpaired) electrons. The van der Waals surface area contributed by atoms with Crippen LogP contribution in [0.15, 0.2) is 30.3 Å². The van der Waals surface area contributed by atoms with Crippen LogP contribution in [0.1, 0.15) is 61.9 Å². The zero-order valence-corrected chi connectivity index (χ0v) is 21.2. The van der Waals surface area contributed by atoms with Crippen LogP contribution in [0, 0.1) is 25.2 Å². The van der Waals surface area contributed by atoms with Crippen molar-refractivity contribution in [2.45, 2.75) is 66.0 Å². The summed E-state index contributed by atoms with van der Waals surface area (Å²) in [6, 6.07) is 11.0. The zero-order valence-electron chi connectivity index (χ0n) is 21.2. The number of nitrogens with one attached hydrogen (secondary N) is 1. The van der Waals surface area contributed by atoms with Crippen molar-refractivity contribution < 1.29 is 14.3 Å². The molecule has 1 N–H and O–H groups in total. The van der Waals surface area contributed by atoms with Crippen LogP contribution in [-0.4, -0.2) is 43.3 Å². The standard InChI is InChI=1S/C29H38N2O3/c1-6-33-26-18(2)13-22(14-19(26)3)21-7-8-24-23(15-21)16-29(4,5)27(24)30-28(32)34-25-17-31-11-9-20(25)10-12-31/h7-8,13-15,20,25,27H,6,9-12,16-17H2,1-5H3,(H,30,32)/t25-,27?/m1/s1. The molecular formula is C29H38N2O3. The van der Waals surface area contributed by atoms with Gasteiger partial charge in [-0.25, -0.2) is 4.79 Å². The minimum Gasteiger partial charge on any atom is -0.493 e. The molecule has 2 bridgehead atoms. The number of hydrogen-bond acceptors (Lipinski definition) is 4. The minimum absolute atomic E-state index is 0.0278. The summed E-state index contributed by atoms with van der Waals surface area (Å²) in [5.74, 6) is 1.50. The number of carbonyl (C=O) groups excluding carboxylic acids is 1. The van der Waals surface area contributed by atoms with Gasteiger partial charge >= 0.3 is 6.09 Å². The van der Waals surface area contributed by atoms with Crippen LogP contribution in [0.3, 0.4) is 0 Å². The van der Waals surface area contributed by atoms with E-state index >= 15 is 0 Å². The maximum Gasteiger partial charge on any atom is 0.407 e. The highest BCUT2D eigenvalue weighted by Gasteiger charge is 2.42. The third-order valence-electron chi connectivity index (χ3n) is 8.08. The largest absolute Gasteiger partial charge is 0.493 e. The predicted molar refractivity (Wildman–Crippen MR) is 135 cm³/mol. The van der Waals surface area contributed by atoms with Crippen molar-refractivity contribution in [1.82, 2.24) is 10.2 Å². The first-order valence-corrected chi connectivity index (χ1v) is 12.8. The molecule has 1 aliphatic carbocycles. The molecule has 3 fully saturated rings. The molecule has 0 spiro atoms. The minimum atomic E-state index is -0.272. The number of benzene rings is 2. The molecule has 5 nitrogen and oxygen atoms in total. The van der Waals surface area contributed by atoms with E-state index in [1.54, 1.807) is 0 Å². The van der Waals surface area contributed by atoms with E-state index in [-0.39, 0.29) is 23.7 Å². The predicted octanol–water partition coefficient (Wildman–Crippen LogP) is 5.81. The molecule has 182 valence electrons.